The van der Waals surface area contributed by atoms with Crippen LogP contribution in [0.4, 0.5) is 0 Å². The van der Waals surface area contributed by atoms with Crippen LogP contribution in [0.15, 0.2) is 23.1 Å². The highest BCUT2D eigenvalue weighted by atomic mass is 32.2. The SMILES string of the molecule is Cc1ccc(C(=O)O)c(SC2CCCC(C)C2)c1. The molecule has 1 aliphatic rings. The number of aryl methyl sites for hydroxylation is 1. The molecule has 0 bridgehead atoms. The van der Waals surface area contributed by atoms with Gasteiger partial charge < -0.3 is 5.11 Å². The minimum absolute atomic E-state index is 0.448. The van der Waals surface area contributed by atoms with E-state index in [0.29, 0.717) is 10.8 Å². The van der Waals surface area contributed by atoms with Gasteiger partial charge in [0.2, 0.25) is 0 Å². The van der Waals surface area contributed by atoms with Gasteiger partial charge in [0.1, 0.15) is 0 Å². The summed E-state index contributed by atoms with van der Waals surface area (Å²) in [6.07, 6.45) is 5.00. The van der Waals surface area contributed by atoms with Crippen molar-refractivity contribution in [3.8, 4) is 0 Å². The van der Waals surface area contributed by atoms with Crippen LogP contribution in [-0.4, -0.2) is 16.3 Å². The van der Waals surface area contributed by atoms with Crippen molar-refractivity contribution in [3.63, 3.8) is 0 Å². The second-order valence-electron chi connectivity index (χ2n) is 5.32. The predicted molar refractivity (Wildman–Crippen MR) is 75.4 cm³/mol. The second kappa shape index (κ2) is 5.79. The van der Waals surface area contributed by atoms with E-state index in [1.54, 1.807) is 17.8 Å². The first-order valence-electron chi connectivity index (χ1n) is 6.57. The molecule has 0 heterocycles. The first kappa shape index (κ1) is 13.5. The number of hydrogen-bond donors (Lipinski definition) is 1. The van der Waals surface area contributed by atoms with Crippen LogP contribution in [0.3, 0.4) is 0 Å². The molecule has 1 aromatic rings. The average Bonchev–Trinajstić information content (AvgIpc) is 2.28. The fourth-order valence-corrected chi connectivity index (χ4v) is 4.17. The molecule has 0 radical (unpaired) electrons. The predicted octanol–water partition coefficient (Wildman–Crippen LogP) is 4.36. The Morgan fingerprint density at radius 3 is 2.83 bits per heavy atom. The lowest BCUT2D eigenvalue weighted by molar-refractivity contribution is 0.0693. The highest BCUT2D eigenvalue weighted by Gasteiger charge is 2.21. The van der Waals surface area contributed by atoms with Crippen LogP contribution < -0.4 is 0 Å². The quantitative estimate of drug-likeness (QED) is 0.881. The first-order valence-corrected chi connectivity index (χ1v) is 7.45. The monoisotopic (exact) mass is 264 g/mol. The van der Waals surface area contributed by atoms with Crippen molar-refractivity contribution in [2.45, 2.75) is 49.7 Å². The Morgan fingerprint density at radius 1 is 1.39 bits per heavy atom. The van der Waals surface area contributed by atoms with E-state index in [4.69, 9.17) is 0 Å². The third kappa shape index (κ3) is 3.29. The minimum Gasteiger partial charge on any atom is -0.478 e. The molecule has 0 aromatic heterocycles. The molecule has 1 fully saturated rings. The molecule has 0 amide bonds. The molecular formula is C15H20O2S. The molecule has 1 N–H and O–H groups in total. The van der Waals surface area contributed by atoms with E-state index in [9.17, 15) is 9.90 Å². The number of thioether (sulfide) groups is 1. The summed E-state index contributed by atoms with van der Waals surface area (Å²) in [4.78, 5) is 12.2. The Kier molecular flexibility index (Phi) is 4.33. The topological polar surface area (TPSA) is 37.3 Å². The third-order valence-corrected chi connectivity index (χ3v) is 4.90. The van der Waals surface area contributed by atoms with Crippen molar-refractivity contribution in [1.82, 2.24) is 0 Å². The summed E-state index contributed by atoms with van der Waals surface area (Å²) >= 11 is 1.76. The van der Waals surface area contributed by atoms with Gasteiger partial charge in [0.05, 0.1) is 5.56 Å². The molecule has 1 aliphatic carbocycles. The van der Waals surface area contributed by atoms with Crippen LogP contribution in [0, 0.1) is 12.8 Å². The van der Waals surface area contributed by atoms with E-state index in [2.05, 4.69) is 6.92 Å². The molecule has 2 unspecified atom stereocenters. The highest BCUT2D eigenvalue weighted by Crippen LogP contribution is 2.37. The van der Waals surface area contributed by atoms with Gasteiger partial charge in [-0.15, -0.1) is 11.8 Å². The van der Waals surface area contributed by atoms with Crippen molar-refractivity contribution in [3.05, 3.63) is 29.3 Å². The average molecular weight is 264 g/mol. The maximum absolute atomic E-state index is 11.2. The highest BCUT2D eigenvalue weighted by molar-refractivity contribution is 8.00. The third-order valence-electron chi connectivity index (χ3n) is 3.55. The first-order chi connectivity index (χ1) is 8.56. The van der Waals surface area contributed by atoms with Crippen molar-refractivity contribution < 1.29 is 9.90 Å². The molecule has 3 heteroatoms. The van der Waals surface area contributed by atoms with Crippen LogP contribution in [0.25, 0.3) is 0 Å². The Morgan fingerprint density at radius 2 is 2.17 bits per heavy atom. The minimum atomic E-state index is -0.818. The summed E-state index contributed by atoms with van der Waals surface area (Å²) < 4.78 is 0. The molecule has 0 aliphatic heterocycles. The number of hydrogen-bond acceptors (Lipinski definition) is 2. The molecule has 1 aromatic carbocycles. The summed E-state index contributed by atoms with van der Waals surface area (Å²) in [6.45, 7) is 4.31. The van der Waals surface area contributed by atoms with Crippen LogP contribution in [0.2, 0.25) is 0 Å². The maximum atomic E-state index is 11.2. The summed E-state index contributed by atoms with van der Waals surface area (Å²) in [7, 11) is 0. The van der Waals surface area contributed by atoms with E-state index in [1.807, 2.05) is 19.1 Å². The van der Waals surface area contributed by atoms with E-state index >= 15 is 0 Å². The zero-order chi connectivity index (χ0) is 13.1. The summed E-state index contributed by atoms with van der Waals surface area (Å²) in [5.74, 6) is -0.0457. The molecule has 1 saturated carbocycles. The maximum Gasteiger partial charge on any atom is 0.336 e. The van der Waals surface area contributed by atoms with Gasteiger partial charge in [0.15, 0.2) is 0 Å². The molecule has 2 nitrogen and oxygen atoms in total. The Hall–Kier alpha value is -0.960. The molecule has 2 rings (SSSR count). The van der Waals surface area contributed by atoms with Gasteiger partial charge in [-0.25, -0.2) is 4.79 Å². The van der Waals surface area contributed by atoms with Gasteiger partial charge in [-0.05, 0) is 43.4 Å². The lowest BCUT2D eigenvalue weighted by Crippen LogP contribution is -2.15. The van der Waals surface area contributed by atoms with E-state index < -0.39 is 5.97 Å². The van der Waals surface area contributed by atoms with Gasteiger partial charge in [0, 0.05) is 10.1 Å². The van der Waals surface area contributed by atoms with Gasteiger partial charge in [-0.2, -0.15) is 0 Å². The van der Waals surface area contributed by atoms with Gasteiger partial charge in [-0.3, -0.25) is 0 Å². The Labute approximate surface area is 113 Å². The zero-order valence-electron chi connectivity index (χ0n) is 11.0. The molecule has 0 spiro atoms. The number of carbonyl (C=O) groups is 1. The van der Waals surface area contributed by atoms with E-state index in [0.717, 1.165) is 16.4 Å². The molecule has 18 heavy (non-hydrogen) atoms. The normalized spacial score (nSPS) is 23.9. The van der Waals surface area contributed by atoms with E-state index in [-0.39, 0.29) is 0 Å². The van der Waals surface area contributed by atoms with Crippen molar-refractivity contribution in [2.24, 2.45) is 5.92 Å². The summed E-state index contributed by atoms with van der Waals surface area (Å²) in [6, 6.07) is 5.61. The zero-order valence-corrected chi connectivity index (χ0v) is 11.8. The lowest BCUT2D eigenvalue weighted by Gasteiger charge is -2.26. The van der Waals surface area contributed by atoms with Gasteiger partial charge >= 0.3 is 5.97 Å². The fraction of sp³-hybridized carbons (Fsp3) is 0.533. The number of benzene rings is 1. The second-order valence-corrected chi connectivity index (χ2v) is 6.66. The van der Waals surface area contributed by atoms with Gasteiger partial charge in [0.25, 0.3) is 0 Å². The fourth-order valence-electron chi connectivity index (χ4n) is 2.57. The number of rotatable bonds is 3. The molecule has 98 valence electrons. The molecule has 2 atom stereocenters. The van der Waals surface area contributed by atoms with Crippen molar-refractivity contribution in [1.29, 1.82) is 0 Å². The molecular weight excluding hydrogens is 244 g/mol. The number of aromatic carboxylic acids is 1. The largest absolute Gasteiger partial charge is 0.478 e. The van der Waals surface area contributed by atoms with Crippen LogP contribution in [0.1, 0.15) is 48.5 Å². The standard InChI is InChI=1S/C15H20O2S/c1-10-4-3-5-12(8-10)18-14-9-11(2)6-7-13(14)15(16)17/h6-7,9-10,12H,3-5,8H2,1-2H3,(H,16,17). The van der Waals surface area contributed by atoms with Crippen LogP contribution in [-0.2, 0) is 0 Å². The Bertz CT molecular complexity index is 442. The number of carboxylic acid groups (broad SMARTS) is 1. The van der Waals surface area contributed by atoms with Crippen molar-refractivity contribution >= 4 is 17.7 Å². The number of carboxylic acids is 1. The van der Waals surface area contributed by atoms with Crippen molar-refractivity contribution in [2.75, 3.05) is 0 Å². The Balaban J connectivity index is 2.16. The van der Waals surface area contributed by atoms with Gasteiger partial charge in [-0.1, -0.05) is 25.8 Å². The lowest BCUT2D eigenvalue weighted by atomic mass is 9.91. The van der Waals surface area contributed by atoms with E-state index in [1.165, 1.54) is 25.7 Å². The molecule has 0 saturated heterocycles. The summed E-state index contributed by atoms with van der Waals surface area (Å²) in [5, 5.41) is 9.80. The van der Waals surface area contributed by atoms with Crippen LogP contribution in [0.5, 0.6) is 0 Å². The summed E-state index contributed by atoms with van der Waals surface area (Å²) in [5.41, 5.74) is 1.58. The van der Waals surface area contributed by atoms with Crippen LogP contribution >= 0.6 is 11.8 Å². The smallest absolute Gasteiger partial charge is 0.336 e.